The number of aromatic nitrogens is 1. The first-order valence-corrected chi connectivity index (χ1v) is 12.1. The first kappa shape index (κ1) is 24.5. The lowest BCUT2D eigenvalue weighted by Gasteiger charge is -2.33. The van der Waals surface area contributed by atoms with Gasteiger partial charge in [-0.15, -0.1) is 0 Å². The van der Waals surface area contributed by atoms with Gasteiger partial charge >= 0.3 is 0 Å². The van der Waals surface area contributed by atoms with Crippen LogP contribution in [0.25, 0.3) is 33.6 Å². The summed E-state index contributed by atoms with van der Waals surface area (Å²) in [5.74, 6) is 0.0397. The number of carbonyl (C=O) groups excluding carboxylic acids is 1. The van der Waals surface area contributed by atoms with E-state index < -0.39 is 5.82 Å². The van der Waals surface area contributed by atoms with E-state index in [2.05, 4.69) is 11.1 Å². The van der Waals surface area contributed by atoms with Gasteiger partial charge in [-0.05, 0) is 48.7 Å². The van der Waals surface area contributed by atoms with E-state index >= 15 is 4.39 Å². The van der Waals surface area contributed by atoms with Gasteiger partial charge in [-0.3, -0.25) is 9.78 Å². The number of carbonyl (C=O) groups is 1. The van der Waals surface area contributed by atoms with E-state index in [-0.39, 0.29) is 17.5 Å². The third-order valence-corrected chi connectivity index (χ3v) is 6.82. The molecule has 0 spiro atoms. The van der Waals surface area contributed by atoms with E-state index in [4.69, 9.17) is 9.15 Å². The Bertz CT molecular complexity index is 1500. The molecule has 8 heteroatoms. The summed E-state index contributed by atoms with van der Waals surface area (Å²) in [6.07, 6.45) is 3.21. The number of benzene rings is 2. The number of furan rings is 1. The Labute approximate surface area is 214 Å². The maximum atomic E-state index is 15.5. The SMILES string of the molecule is CN(C)C(=O)c1ccc(-c2cc3nccc(-c4cc(F)c(N(C)C5CCOCC5)c(C#N)c4)c3o2)cc1. The van der Waals surface area contributed by atoms with Crippen LogP contribution in [0.5, 0.6) is 0 Å². The number of pyridine rings is 1. The summed E-state index contributed by atoms with van der Waals surface area (Å²) in [5.41, 5.74) is 4.23. The van der Waals surface area contributed by atoms with Crippen molar-refractivity contribution in [2.45, 2.75) is 18.9 Å². The zero-order chi connectivity index (χ0) is 26.1. The predicted octanol–water partition coefficient (Wildman–Crippen LogP) is 5.49. The molecule has 1 amide bonds. The van der Waals surface area contributed by atoms with E-state index in [1.165, 1.54) is 11.0 Å². The fourth-order valence-electron chi connectivity index (χ4n) is 4.80. The molecular weight excluding hydrogens is 471 g/mol. The maximum Gasteiger partial charge on any atom is 0.253 e. The number of hydrogen-bond donors (Lipinski definition) is 0. The molecule has 2 aromatic carbocycles. The Hall–Kier alpha value is -4.22. The molecule has 4 aromatic rings. The van der Waals surface area contributed by atoms with Gasteiger partial charge in [0.05, 0.1) is 11.3 Å². The van der Waals surface area contributed by atoms with Gasteiger partial charge in [0.2, 0.25) is 0 Å². The lowest BCUT2D eigenvalue weighted by molar-refractivity contribution is 0.0827. The molecule has 7 nitrogen and oxygen atoms in total. The van der Waals surface area contributed by atoms with Gasteiger partial charge in [0, 0.05) is 69.4 Å². The molecule has 5 rings (SSSR count). The van der Waals surface area contributed by atoms with E-state index in [1.54, 1.807) is 44.6 Å². The van der Waals surface area contributed by atoms with Crippen LogP contribution in [0.15, 0.2) is 59.1 Å². The number of halogens is 1. The van der Waals surface area contributed by atoms with Crippen LogP contribution in [0.1, 0.15) is 28.8 Å². The Morgan fingerprint density at radius 1 is 1.05 bits per heavy atom. The molecule has 0 atom stereocenters. The van der Waals surface area contributed by atoms with Crippen LogP contribution in [0, 0.1) is 17.1 Å². The number of nitrogens with zero attached hydrogens (tertiary/aromatic N) is 4. The molecule has 37 heavy (non-hydrogen) atoms. The van der Waals surface area contributed by atoms with E-state index in [0.717, 1.165) is 18.4 Å². The topological polar surface area (TPSA) is 82.6 Å². The van der Waals surface area contributed by atoms with Gasteiger partial charge in [-0.25, -0.2) is 4.39 Å². The minimum atomic E-state index is -0.457. The highest BCUT2D eigenvalue weighted by Crippen LogP contribution is 2.37. The highest BCUT2D eigenvalue weighted by atomic mass is 19.1. The van der Waals surface area contributed by atoms with Crippen molar-refractivity contribution in [2.75, 3.05) is 39.3 Å². The zero-order valence-corrected chi connectivity index (χ0v) is 21.0. The van der Waals surface area contributed by atoms with Crippen molar-refractivity contribution in [1.29, 1.82) is 5.26 Å². The first-order valence-electron chi connectivity index (χ1n) is 12.1. The molecule has 0 unspecified atom stereocenters. The second kappa shape index (κ2) is 10.0. The summed E-state index contributed by atoms with van der Waals surface area (Å²) in [4.78, 5) is 20.0. The van der Waals surface area contributed by atoms with Crippen LogP contribution in [-0.2, 0) is 4.74 Å². The van der Waals surface area contributed by atoms with Gasteiger partial charge in [0.1, 0.15) is 23.2 Å². The molecule has 0 bridgehead atoms. The van der Waals surface area contributed by atoms with Crippen LogP contribution < -0.4 is 4.90 Å². The zero-order valence-electron chi connectivity index (χ0n) is 21.0. The smallest absolute Gasteiger partial charge is 0.253 e. The van der Waals surface area contributed by atoms with Crippen LogP contribution in [0.3, 0.4) is 0 Å². The minimum absolute atomic E-state index is 0.0821. The second-order valence-electron chi connectivity index (χ2n) is 9.38. The van der Waals surface area contributed by atoms with Gasteiger partial charge in [-0.2, -0.15) is 5.26 Å². The quantitative estimate of drug-likeness (QED) is 0.362. The number of nitriles is 1. The lowest BCUT2D eigenvalue weighted by Crippen LogP contribution is -2.37. The van der Waals surface area contributed by atoms with Crippen molar-refractivity contribution < 1.29 is 18.3 Å². The number of hydrogen-bond acceptors (Lipinski definition) is 6. The molecular formula is C29H27FN4O3. The van der Waals surface area contributed by atoms with Gasteiger partial charge < -0.3 is 19.0 Å². The average Bonchev–Trinajstić information content (AvgIpc) is 3.37. The van der Waals surface area contributed by atoms with E-state index in [1.807, 2.05) is 30.1 Å². The number of anilines is 1. The number of rotatable bonds is 5. The van der Waals surface area contributed by atoms with E-state index in [0.29, 0.717) is 52.5 Å². The summed E-state index contributed by atoms with van der Waals surface area (Å²) in [6, 6.07) is 16.2. The molecule has 1 aliphatic heterocycles. The minimum Gasteiger partial charge on any atom is -0.454 e. The van der Waals surface area contributed by atoms with Crippen molar-refractivity contribution in [3.8, 4) is 28.5 Å². The summed E-state index contributed by atoms with van der Waals surface area (Å²) in [7, 11) is 5.24. The molecule has 0 N–H and O–H groups in total. The van der Waals surface area contributed by atoms with Crippen molar-refractivity contribution in [1.82, 2.24) is 9.88 Å². The number of fused-ring (bicyclic) bond motifs is 1. The standard InChI is InChI=1S/C29H27FN4O3/c1-33(2)29(35)19-6-4-18(5-7-19)26-16-25-28(37-26)23(8-11-32-25)20-14-21(17-31)27(24(30)15-20)34(3)22-9-12-36-13-10-22/h4-8,11,14-16,22H,9-10,12-13H2,1-3H3. The van der Waals surface area contributed by atoms with E-state index in [9.17, 15) is 10.1 Å². The molecule has 0 aliphatic carbocycles. The molecule has 1 fully saturated rings. The largest absolute Gasteiger partial charge is 0.454 e. The van der Waals surface area contributed by atoms with Gasteiger partial charge in [0.15, 0.2) is 5.58 Å². The first-order chi connectivity index (χ1) is 17.9. The molecule has 0 saturated carbocycles. The monoisotopic (exact) mass is 498 g/mol. The summed E-state index contributed by atoms with van der Waals surface area (Å²) < 4.78 is 27.1. The molecule has 1 aliphatic rings. The Kier molecular flexibility index (Phi) is 6.64. The summed E-state index contributed by atoms with van der Waals surface area (Å²) in [5, 5.41) is 9.89. The van der Waals surface area contributed by atoms with Gasteiger partial charge in [-0.1, -0.05) is 12.1 Å². The maximum absolute atomic E-state index is 15.5. The lowest BCUT2D eigenvalue weighted by atomic mass is 9.99. The molecule has 188 valence electrons. The van der Waals surface area contributed by atoms with Gasteiger partial charge in [0.25, 0.3) is 5.91 Å². The Balaban J connectivity index is 1.52. The highest BCUT2D eigenvalue weighted by molar-refractivity contribution is 5.95. The fraction of sp³-hybridized carbons (Fsp3) is 0.276. The van der Waals surface area contributed by atoms with Crippen molar-refractivity contribution in [2.24, 2.45) is 0 Å². The average molecular weight is 499 g/mol. The Morgan fingerprint density at radius 2 is 1.78 bits per heavy atom. The van der Waals surface area contributed by atoms with Crippen LogP contribution in [0.2, 0.25) is 0 Å². The highest BCUT2D eigenvalue weighted by Gasteiger charge is 2.25. The predicted molar refractivity (Wildman–Crippen MR) is 140 cm³/mol. The third kappa shape index (κ3) is 4.66. The van der Waals surface area contributed by atoms with Crippen molar-refractivity contribution in [3.05, 3.63) is 71.7 Å². The summed E-state index contributed by atoms with van der Waals surface area (Å²) >= 11 is 0. The normalized spacial score (nSPS) is 13.9. The second-order valence-corrected chi connectivity index (χ2v) is 9.38. The third-order valence-electron chi connectivity index (χ3n) is 6.82. The van der Waals surface area contributed by atoms with Crippen molar-refractivity contribution in [3.63, 3.8) is 0 Å². The number of ether oxygens (including phenoxy) is 1. The number of amides is 1. The molecule has 0 radical (unpaired) electrons. The van der Waals surface area contributed by atoms with Crippen LogP contribution >= 0.6 is 0 Å². The van der Waals surface area contributed by atoms with Crippen molar-refractivity contribution >= 4 is 22.7 Å². The molecule has 2 aromatic heterocycles. The summed E-state index contributed by atoms with van der Waals surface area (Å²) in [6.45, 7) is 1.25. The Morgan fingerprint density at radius 3 is 2.46 bits per heavy atom. The molecule has 1 saturated heterocycles. The molecule has 3 heterocycles. The van der Waals surface area contributed by atoms with Crippen LogP contribution in [0.4, 0.5) is 10.1 Å². The fourth-order valence-corrected chi connectivity index (χ4v) is 4.80. The van der Waals surface area contributed by atoms with Crippen LogP contribution in [-0.4, -0.2) is 56.2 Å².